The quantitative estimate of drug-likeness (QED) is 0.577. The van der Waals surface area contributed by atoms with Crippen molar-refractivity contribution in [2.45, 2.75) is 39.7 Å². The number of nitrogens with zero attached hydrogens (tertiary/aromatic N) is 3. The first-order valence-corrected chi connectivity index (χ1v) is 12.2. The van der Waals surface area contributed by atoms with Crippen molar-refractivity contribution in [1.82, 2.24) is 19.7 Å². The van der Waals surface area contributed by atoms with E-state index in [-0.39, 0.29) is 23.1 Å². The average molecular weight is 465 g/mol. The van der Waals surface area contributed by atoms with Crippen molar-refractivity contribution in [3.05, 3.63) is 75.7 Å². The van der Waals surface area contributed by atoms with Crippen molar-refractivity contribution in [3.8, 4) is 0 Å². The zero-order chi connectivity index (χ0) is 24.5. The number of piperazine rings is 1. The number of hydrogen-bond acceptors (Lipinski definition) is 4. The molecule has 1 saturated heterocycles. The first-order chi connectivity index (χ1) is 16.4. The second-order valence-electron chi connectivity index (χ2n) is 8.97. The number of aromatic nitrogens is 1. The molecule has 2 amide bonds. The molecule has 7 heteroatoms. The zero-order valence-corrected chi connectivity index (χ0v) is 20.5. The smallest absolute Gasteiger partial charge is 0.259 e. The molecule has 34 heavy (non-hydrogen) atoms. The van der Waals surface area contributed by atoms with Crippen molar-refractivity contribution >= 4 is 17.9 Å². The van der Waals surface area contributed by atoms with E-state index in [0.717, 1.165) is 38.0 Å². The van der Waals surface area contributed by atoms with Crippen LogP contribution in [0.5, 0.6) is 0 Å². The van der Waals surface area contributed by atoms with E-state index >= 15 is 0 Å². The van der Waals surface area contributed by atoms with Gasteiger partial charge in [-0.1, -0.05) is 55.8 Å². The number of rotatable bonds is 9. The van der Waals surface area contributed by atoms with E-state index in [2.05, 4.69) is 34.5 Å². The first kappa shape index (κ1) is 25.4. The van der Waals surface area contributed by atoms with Crippen LogP contribution in [0.1, 0.15) is 65.9 Å². The normalized spacial score (nSPS) is 14.6. The van der Waals surface area contributed by atoms with Gasteiger partial charge in [-0.3, -0.25) is 19.3 Å². The Balaban J connectivity index is 1.67. The second-order valence-corrected chi connectivity index (χ2v) is 8.97. The Morgan fingerprint density at radius 1 is 1.03 bits per heavy atom. The molecule has 0 atom stereocenters. The molecule has 1 aromatic carbocycles. The van der Waals surface area contributed by atoms with Gasteiger partial charge in [0.1, 0.15) is 11.1 Å². The zero-order valence-electron chi connectivity index (χ0n) is 20.5. The summed E-state index contributed by atoms with van der Waals surface area (Å²) in [6, 6.07) is 10.2. The van der Waals surface area contributed by atoms with Crippen molar-refractivity contribution in [1.29, 1.82) is 0 Å². The molecular weight excluding hydrogens is 428 g/mol. The lowest BCUT2D eigenvalue weighted by Crippen LogP contribution is -2.49. The van der Waals surface area contributed by atoms with Gasteiger partial charge in [-0.2, -0.15) is 0 Å². The summed E-state index contributed by atoms with van der Waals surface area (Å²) in [4.78, 5) is 43.0. The highest BCUT2D eigenvalue weighted by Crippen LogP contribution is 2.12. The van der Waals surface area contributed by atoms with E-state index in [0.29, 0.717) is 19.6 Å². The molecule has 0 saturated carbocycles. The molecule has 0 unspecified atom stereocenters. The summed E-state index contributed by atoms with van der Waals surface area (Å²) in [5.41, 5.74) is 0.759. The van der Waals surface area contributed by atoms with Gasteiger partial charge in [-0.15, -0.1) is 0 Å². The number of hydrogen-bond donors (Lipinski definition) is 1. The Hall–Kier alpha value is -3.19. The fourth-order valence-electron chi connectivity index (χ4n) is 3.89. The van der Waals surface area contributed by atoms with Crippen LogP contribution in [0.2, 0.25) is 0 Å². The molecule has 0 aliphatic carbocycles. The van der Waals surface area contributed by atoms with Crippen molar-refractivity contribution < 1.29 is 9.59 Å². The molecule has 0 radical (unpaired) electrons. The van der Waals surface area contributed by atoms with E-state index in [1.54, 1.807) is 21.9 Å². The maximum Gasteiger partial charge on any atom is 0.259 e. The molecule has 1 aliphatic heterocycles. The summed E-state index contributed by atoms with van der Waals surface area (Å²) in [6.07, 6.45) is 9.17. The Morgan fingerprint density at radius 3 is 2.35 bits per heavy atom. The number of carbonyl (C=O) groups excluding carboxylic acids is 2. The number of pyridine rings is 1. The van der Waals surface area contributed by atoms with Gasteiger partial charge in [0.15, 0.2) is 0 Å². The van der Waals surface area contributed by atoms with E-state index in [9.17, 15) is 14.4 Å². The van der Waals surface area contributed by atoms with Gasteiger partial charge in [-0.05, 0) is 25.8 Å². The van der Waals surface area contributed by atoms with Crippen molar-refractivity contribution in [2.24, 2.45) is 0 Å². The molecule has 7 nitrogen and oxygen atoms in total. The van der Waals surface area contributed by atoms with Gasteiger partial charge in [0.2, 0.25) is 5.43 Å². The highest BCUT2D eigenvalue weighted by Gasteiger charge is 2.26. The molecule has 0 bridgehead atoms. The van der Waals surface area contributed by atoms with Crippen LogP contribution in [0.4, 0.5) is 0 Å². The molecule has 2 aromatic rings. The van der Waals surface area contributed by atoms with Crippen LogP contribution in [0.15, 0.2) is 53.6 Å². The van der Waals surface area contributed by atoms with Crippen LogP contribution in [-0.2, 0) is 0 Å². The molecule has 182 valence electrons. The maximum absolute atomic E-state index is 13.3. The Kier molecular flexibility index (Phi) is 9.22. The molecule has 3 rings (SSSR count). The number of amides is 2. The van der Waals surface area contributed by atoms with Gasteiger partial charge in [0.25, 0.3) is 11.8 Å². The van der Waals surface area contributed by atoms with Crippen LogP contribution < -0.4 is 10.7 Å². The standard InChI is InChI=1S/C27H36N4O3/c1-4-5-13-28-26(33)23-19-31(21(2)3)20-24(25(23)32)27(34)30-17-15-29(16-18-30)14-9-12-22-10-7-6-8-11-22/h6-12,19-21H,4-5,13-18H2,1-3H3,(H,28,33)/b12-9+. The van der Waals surface area contributed by atoms with Crippen LogP contribution in [0, 0.1) is 0 Å². The number of unbranched alkanes of at least 4 members (excludes halogenated alkanes) is 1. The van der Waals surface area contributed by atoms with Gasteiger partial charge in [0, 0.05) is 57.7 Å². The van der Waals surface area contributed by atoms with Crippen molar-refractivity contribution in [2.75, 3.05) is 39.3 Å². The molecule has 1 N–H and O–H groups in total. The van der Waals surface area contributed by atoms with E-state index in [1.165, 1.54) is 0 Å². The molecule has 2 heterocycles. The molecule has 1 aromatic heterocycles. The SMILES string of the molecule is CCCCNC(=O)c1cn(C(C)C)cc(C(=O)N2CCN(C/C=C/c3ccccc3)CC2)c1=O. The van der Waals surface area contributed by atoms with Gasteiger partial charge < -0.3 is 14.8 Å². The predicted octanol–water partition coefficient (Wildman–Crippen LogP) is 3.43. The molecule has 1 fully saturated rings. The molecule has 0 spiro atoms. The summed E-state index contributed by atoms with van der Waals surface area (Å²) in [7, 11) is 0. The average Bonchev–Trinajstić information content (AvgIpc) is 2.85. The van der Waals surface area contributed by atoms with E-state index < -0.39 is 11.3 Å². The number of carbonyl (C=O) groups is 2. The molecular formula is C27H36N4O3. The second kappa shape index (κ2) is 12.3. The van der Waals surface area contributed by atoms with Crippen LogP contribution in [-0.4, -0.2) is 65.4 Å². The largest absolute Gasteiger partial charge is 0.352 e. The van der Waals surface area contributed by atoms with Gasteiger partial charge >= 0.3 is 0 Å². The van der Waals surface area contributed by atoms with Gasteiger partial charge in [0.05, 0.1) is 0 Å². The predicted molar refractivity (Wildman–Crippen MR) is 136 cm³/mol. The summed E-state index contributed by atoms with van der Waals surface area (Å²) < 4.78 is 1.77. The van der Waals surface area contributed by atoms with Crippen molar-refractivity contribution in [3.63, 3.8) is 0 Å². The Morgan fingerprint density at radius 2 is 1.71 bits per heavy atom. The fraction of sp³-hybridized carbons (Fsp3) is 0.444. The third-order valence-electron chi connectivity index (χ3n) is 6.07. The van der Waals surface area contributed by atoms with E-state index in [1.807, 2.05) is 39.0 Å². The minimum absolute atomic E-state index is 0.0163. The highest BCUT2D eigenvalue weighted by molar-refractivity contribution is 5.99. The Bertz CT molecular complexity index is 1050. The number of benzene rings is 1. The third kappa shape index (κ3) is 6.67. The first-order valence-electron chi connectivity index (χ1n) is 12.2. The number of nitrogens with one attached hydrogen (secondary N) is 1. The highest BCUT2D eigenvalue weighted by atomic mass is 16.2. The Labute approximate surface area is 202 Å². The minimum Gasteiger partial charge on any atom is -0.352 e. The monoisotopic (exact) mass is 464 g/mol. The summed E-state index contributed by atoms with van der Waals surface area (Å²) in [5.74, 6) is -0.723. The van der Waals surface area contributed by atoms with Crippen LogP contribution in [0.3, 0.4) is 0 Å². The lowest BCUT2D eigenvalue weighted by Gasteiger charge is -2.34. The van der Waals surface area contributed by atoms with Gasteiger partial charge in [-0.25, -0.2) is 0 Å². The summed E-state index contributed by atoms with van der Waals surface area (Å²) >= 11 is 0. The fourth-order valence-corrected chi connectivity index (χ4v) is 3.89. The lowest BCUT2D eigenvalue weighted by atomic mass is 10.1. The van der Waals surface area contributed by atoms with Crippen LogP contribution >= 0.6 is 0 Å². The summed E-state index contributed by atoms with van der Waals surface area (Å²) in [5, 5.41) is 2.80. The van der Waals surface area contributed by atoms with E-state index in [4.69, 9.17) is 0 Å². The maximum atomic E-state index is 13.3. The minimum atomic E-state index is -0.496. The summed E-state index contributed by atoms with van der Waals surface area (Å²) in [6.45, 7) is 9.84. The van der Waals surface area contributed by atoms with Crippen LogP contribution in [0.25, 0.3) is 6.08 Å². The topological polar surface area (TPSA) is 74.7 Å². The molecule has 1 aliphatic rings. The lowest BCUT2D eigenvalue weighted by molar-refractivity contribution is 0.0648. The third-order valence-corrected chi connectivity index (χ3v) is 6.07.